The lowest BCUT2D eigenvalue weighted by Gasteiger charge is -2.48. The zero-order chi connectivity index (χ0) is 17.3. The van der Waals surface area contributed by atoms with Crippen molar-refractivity contribution in [3.8, 4) is 0 Å². The quantitative estimate of drug-likeness (QED) is 0.892. The third-order valence-corrected chi connectivity index (χ3v) is 6.00. The van der Waals surface area contributed by atoms with E-state index in [-0.39, 0.29) is 11.5 Å². The number of likely N-dealkylation sites (tertiary alicyclic amines) is 1. The molecule has 1 atom stereocenters. The Labute approximate surface area is 148 Å². The van der Waals surface area contributed by atoms with Crippen LogP contribution >= 0.6 is 0 Å². The molecule has 2 N–H and O–H groups in total. The molecule has 7 heteroatoms. The van der Waals surface area contributed by atoms with Crippen LogP contribution in [0.1, 0.15) is 38.5 Å². The molecule has 0 aromatic carbocycles. The number of rotatable bonds is 3. The fraction of sp³-hybridized carbons (Fsp3) is 0.722. The van der Waals surface area contributed by atoms with Crippen molar-refractivity contribution in [1.29, 1.82) is 0 Å². The van der Waals surface area contributed by atoms with Crippen molar-refractivity contribution < 1.29 is 9.53 Å². The van der Waals surface area contributed by atoms with Crippen molar-refractivity contribution >= 4 is 17.7 Å². The third kappa shape index (κ3) is 3.56. The number of nitrogens with two attached hydrogens (primary N) is 1. The molecule has 3 saturated heterocycles. The van der Waals surface area contributed by atoms with Crippen LogP contribution in [0.4, 0.5) is 11.8 Å². The smallest absolute Gasteiger partial charge is 0.222 e. The minimum atomic E-state index is 0.239. The van der Waals surface area contributed by atoms with Crippen molar-refractivity contribution in [1.82, 2.24) is 14.9 Å². The molecule has 1 aromatic rings. The van der Waals surface area contributed by atoms with E-state index in [9.17, 15) is 4.79 Å². The first-order valence-electron chi connectivity index (χ1n) is 9.36. The average Bonchev–Trinajstić information content (AvgIpc) is 3.12. The third-order valence-electron chi connectivity index (χ3n) is 6.00. The molecule has 4 rings (SSSR count). The highest BCUT2D eigenvalue weighted by atomic mass is 16.5. The summed E-state index contributed by atoms with van der Waals surface area (Å²) < 4.78 is 5.74. The summed E-state index contributed by atoms with van der Waals surface area (Å²) in [4.78, 5) is 25.0. The van der Waals surface area contributed by atoms with Crippen LogP contribution in [0.5, 0.6) is 0 Å². The number of nitrogens with zero attached hydrogens (tertiary/aromatic N) is 4. The topological polar surface area (TPSA) is 84.6 Å². The van der Waals surface area contributed by atoms with E-state index < -0.39 is 0 Å². The number of carbonyl (C=O) groups excluding carboxylic acids is 1. The second-order valence-corrected chi connectivity index (χ2v) is 7.67. The van der Waals surface area contributed by atoms with Crippen molar-refractivity contribution in [2.75, 3.05) is 43.4 Å². The summed E-state index contributed by atoms with van der Waals surface area (Å²) in [5.41, 5.74) is 5.96. The number of anilines is 2. The average molecular weight is 345 g/mol. The molecule has 25 heavy (non-hydrogen) atoms. The van der Waals surface area contributed by atoms with Gasteiger partial charge in [0.15, 0.2) is 0 Å². The standard InChI is InChI=1S/C18H27N5O2/c19-17-20-8-4-15(21-17)22-9-6-18(7-10-22)5-3-16(24)23(13-18)12-14-2-1-11-25-14/h4,8,14H,1-3,5-7,9-13H2,(H2,19,20,21)/t14-/m1/s1. The van der Waals surface area contributed by atoms with Gasteiger partial charge in [-0.25, -0.2) is 4.98 Å². The van der Waals surface area contributed by atoms with Gasteiger partial charge in [0.2, 0.25) is 11.9 Å². The van der Waals surface area contributed by atoms with Gasteiger partial charge in [-0.3, -0.25) is 4.79 Å². The van der Waals surface area contributed by atoms with Gasteiger partial charge in [0.05, 0.1) is 6.10 Å². The highest BCUT2D eigenvalue weighted by Gasteiger charge is 2.41. The van der Waals surface area contributed by atoms with Crippen LogP contribution in [0.25, 0.3) is 0 Å². The number of aromatic nitrogens is 2. The number of hydrogen-bond donors (Lipinski definition) is 1. The SMILES string of the molecule is Nc1nccc(N2CCC3(CCC(=O)N(C[C@H]4CCCO4)C3)CC2)n1. The first kappa shape index (κ1) is 16.6. The molecular weight excluding hydrogens is 318 g/mol. The monoisotopic (exact) mass is 345 g/mol. The number of nitrogen functional groups attached to an aromatic ring is 1. The Kier molecular flexibility index (Phi) is 4.50. The van der Waals surface area contributed by atoms with Crippen LogP contribution in [0.2, 0.25) is 0 Å². The van der Waals surface area contributed by atoms with Crippen molar-refractivity contribution in [2.45, 2.75) is 44.6 Å². The molecule has 1 spiro atoms. The zero-order valence-corrected chi connectivity index (χ0v) is 14.7. The lowest BCUT2D eigenvalue weighted by molar-refractivity contribution is -0.140. The highest BCUT2D eigenvalue weighted by molar-refractivity contribution is 5.77. The summed E-state index contributed by atoms with van der Waals surface area (Å²) in [7, 11) is 0. The minimum Gasteiger partial charge on any atom is -0.376 e. The van der Waals surface area contributed by atoms with E-state index in [1.54, 1.807) is 6.20 Å². The maximum atomic E-state index is 12.4. The first-order valence-corrected chi connectivity index (χ1v) is 9.36. The molecular formula is C18H27N5O2. The van der Waals surface area contributed by atoms with Crippen molar-refractivity contribution in [3.63, 3.8) is 0 Å². The summed E-state index contributed by atoms with van der Waals surface area (Å²) >= 11 is 0. The number of carbonyl (C=O) groups is 1. The van der Waals surface area contributed by atoms with Gasteiger partial charge in [-0.2, -0.15) is 4.98 Å². The largest absolute Gasteiger partial charge is 0.376 e. The normalized spacial score (nSPS) is 26.4. The van der Waals surface area contributed by atoms with E-state index in [0.29, 0.717) is 18.3 Å². The molecule has 1 amide bonds. The van der Waals surface area contributed by atoms with Gasteiger partial charge in [0, 0.05) is 45.4 Å². The Morgan fingerprint density at radius 2 is 2.16 bits per heavy atom. The van der Waals surface area contributed by atoms with E-state index in [4.69, 9.17) is 10.5 Å². The summed E-state index contributed by atoms with van der Waals surface area (Å²) in [6.45, 7) is 4.41. The number of amides is 1. The molecule has 4 heterocycles. The lowest BCUT2D eigenvalue weighted by atomic mass is 9.72. The molecule has 3 aliphatic heterocycles. The molecule has 0 radical (unpaired) electrons. The Balaban J connectivity index is 1.38. The summed E-state index contributed by atoms with van der Waals surface area (Å²) in [5, 5.41) is 0. The van der Waals surface area contributed by atoms with Gasteiger partial charge in [-0.15, -0.1) is 0 Å². The van der Waals surface area contributed by atoms with Crippen LogP contribution in [0, 0.1) is 5.41 Å². The van der Waals surface area contributed by atoms with Crippen molar-refractivity contribution in [3.05, 3.63) is 12.3 Å². The maximum Gasteiger partial charge on any atom is 0.222 e. The predicted molar refractivity (Wildman–Crippen MR) is 95.1 cm³/mol. The Hall–Kier alpha value is -1.89. The lowest BCUT2D eigenvalue weighted by Crippen LogP contribution is -2.53. The summed E-state index contributed by atoms with van der Waals surface area (Å²) in [5.74, 6) is 1.53. The molecule has 7 nitrogen and oxygen atoms in total. The van der Waals surface area contributed by atoms with Crippen molar-refractivity contribution in [2.24, 2.45) is 5.41 Å². The Morgan fingerprint density at radius 3 is 2.88 bits per heavy atom. The first-order chi connectivity index (χ1) is 12.1. The Bertz CT molecular complexity index is 624. The van der Waals surface area contributed by atoms with E-state index in [1.165, 1.54) is 0 Å². The molecule has 0 aliphatic carbocycles. The maximum absolute atomic E-state index is 12.4. The second-order valence-electron chi connectivity index (χ2n) is 7.67. The second kappa shape index (κ2) is 6.78. The number of ether oxygens (including phenoxy) is 1. The van der Waals surface area contributed by atoms with E-state index >= 15 is 0 Å². The molecule has 136 valence electrons. The Morgan fingerprint density at radius 1 is 1.32 bits per heavy atom. The van der Waals surface area contributed by atoms with E-state index in [2.05, 4.69) is 19.8 Å². The molecule has 0 bridgehead atoms. The van der Waals surface area contributed by atoms with E-state index in [0.717, 1.165) is 70.7 Å². The molecule has 0 saturated carbocycles. The van der Waals surface area contributed by atoms with Gasteiger partial charge in [-0.05, 0) is 43.6 Å². The molecule has 1 aromatic heterocycles. The molecule has 3 aliphatic rings. The van der Waals surface area contributed by atoms with Gasteiger partial charge in [-0.1, -0.05) is 0 Å². The summed E-state index contributed by atoms with van der Waals surface area (Å²) in [6.07, 6.45) is 8.02. The highest BCUT2D eigenvalue weighted by Crippen LogP contribution is 2.41. The fourth-order valence-corrected chi connectivity index (χ4v) is 4.46. The van der Waals surface area contributed by atoms with E-state index in [1.807, 2.05) is 6.07 Å². The van der Waals surface area contributed by atoms with Crippen LogP contribution < -0.4 is 10.6 Å². The predicted octanol–water partition coefficient (Wildman–Crippen LogP) is 1.45. The van der Waals surface area contributed by atoms with Gasteiger partial charge in [0.25, 0.3) is 0 Å². The fourth-order valence-electron chi connectivity index (χ4n) is 4.46. The minimum absolute atomic E-state index is 0.239. The molecule has 3 fully saturated rings. The van der Waals surface area contributed by atoms with Gasteiger partial charge >= 0.3 is 0 Å². The number of hydrogen-bond acceptors (Lipinski definition) is 6. The zero-order valence-electron chi connectivity index (χ0n) is 14.7. The number of piperidine rings is 2. The van der Waals surface area contributed by atoms with Gasteiger partial charge < -0.3 is 20.3 Å². The molecule has 0 unspecified atom stereocenters. The van der Waals surface area contributed by atoms with Crippen LogP contribution in [0.3, 0.4) is 0 Å². The van der Waals surface area contributed by atoms with Crippen LogP contribution in [-0.4, -0.2) is 59.7 Å². The van der Waals surface area contributed by atoms with Crippen LogP contribution in [-0.2, 0) is 9.53 Å². The van der Waals surface area contributed by atoms with Crippen LogP contribution in [0.15, 0.2) is 12.3 Å². The van der Waals surface area contributed by atoms with Gasteiger partial charge in [0.1, 0.15) is 5.82 Å². The summed E-state index contributed by atoms with van der Waals surface area (Å²) in [6, 6.07) is 1.92.